The average Bonchev–Trinajstić information content (AvgIpc) is 3.01. The summed E-state index contributed by atoms with van der Waals surface area (Å²) in [5, 5.41) is 10.2. The van der Waals surface area contributed by atoms with Gasteiger partial charge >= 0.3 is 8.25 Å². The number of ether oxygens (including phenoxy) is 1. The predicted octanol–water partition coefficient (Wildman–Crippen LogP) is -1.34. The fourth-order valence-electron chi connectivity index (χ4n) is 2.33. The van der Waals surface area contributed by atoms with Gasteiger partial charge in [0.2, 0.25) is 0 Å². The molecule has 12 heteroatoms. The summed E-state index contributed by atoms with van der Waals surface area (Å²) in [6.07, 6.45) is 0.00108. The first-order valence-corrected chi connectivity index (χ1v) is 7.43. The highest BCUT2D eigenvalue weighted by molar-refractivity contribution is 7.32. The summed E-state index contributed by atoms with van der Waals surface area (Å²) in [6.45, 7) is -0.218. The molecule has 1 saturated heterocycles. The van der Waals surface area contributed by atoms with Crippen LogP contribution in [0.25, 0.3) is 11.2 Å². The standard InChI is InChI=1S/C10H13N6O5P/c11-5-4(1-20-22(18)19)21-10(7(5)17)16-3-15-6-8(12)13-2-14-9(6)16/h2-5,7,10,17H,1,11H2,(H2-,12,13,14,18,19)/p+1/t4-,5-,7-,10-/m1/s1. The number of fused-ring (bicyclic) bond motifs is 1. The van der Waals surface area contributed by atoms with E-state index in [0.717, 1.165) is 0 Å². The van der Waals surface area contributed by atoms with Crippen molar-refractivity contribution in [3.8, 4) is 0 Å². The minimum Gasteiger partial charge on any atom is -0.387 e. The van der Waals surface area contributed by atoms with Crippen molar-refractivity contribution in [3.05, 3.63) is 12.7 Å². The van der Waals surface area contributed by atoms with Crippen LogP contribution in [0.15, 0.2) is 12.7 Å². The van der Waals surface area contributed by atoms with E-state index in [1.807, 2.05) is 0 Å². The third kappa shape index (κ3) is 2.54. The number of rotatable bonds is 4. The minimum absolute atomic E-state index is 0.206. The first kappa shape index (κ1) is 15.2. The number of aliphatic hydroxyl groups excluding tert-OH is 1. The molecule has 3 heterocycles. The maximum Gasteiger partial charge on any atom is 0.694 e. The van der Waals surface area contributed by atoms with Gasteiger partial charge in [-0.3, -0.25) is 4.57 Å². The Hall–Kier alpha value is -1.75. The Morgan fingerprint density at radius 2 is 2.23 bits per heavy atom. The van der Waals surface area contributed by atoms with E-state index in [1.54, 1.807) is 0 Å². The van der Waals surface area contributed by atoms with Crippen molar-refractivity contribution in [2.75, 3.05) is 12.3 Å². The van der Waals surface area contributed by atoms with Gasteiger partial charge in [-0.15, -0.1) is 9.42 Å². The molecule has 1 aliphatic rings. The van der Waals surface area contributed by atoms with Crippen LogP contribution in [0.2, 0.25) is 0 Å². The molecule has 1 aliphatic heterocycles. The Bertz CT molecular complexity index is 710. The van der Waals surface area contributed by atoms with Gasteiger partial charge in [0, 0.05) is 4.57 Å². The average molecular weight is 329 g/mol. The van der Waals surface area contributed by atoms with E-state index in [9.17, 15) is 9.67 Å². The number of anilines is 1. The van der Waals surface area contributed by atoms with Crippen LogP contribution in [0.4, 0.5) is 5.82 Å². The lowest BCUT2D eigenvalue weighted by Crippen LogP contribution is -2.41. The lowest BCUT2D eigenvalue weighted by molar-refractivity contribution is -0.0460. The molecule has 1 unspecified atom stereocenters. The second-order valence-corrected chi connectivity index (χ2v) is 5.48. The molecule has 5 atom stereocenters. The van der Waals surface area contributed by atoms with Gasteiger partial charge in [-0.1, -0.05) is 0 Å². The molecule has 2 aromatic rings. The zero-order valence-corrected chi connectivity index (χ0v) is 12.1. The fraction of sp³-hybridized carbons (Fsp3) is 0.500. The highest BCUT2D eigenvalue weighted by atomic mass is 31.1. The largest absolute Gasteiger partial charge is 0.694 e. The van der Waals surface area contributed by atoms with Crippen molar-refractivity contribution in [1.29, 1.82) is 0 Å². The molecule has 0 radical (unpaired) electrons. The number of nitrogens with zero attached hydrogens (tertiary/aromatic N) is 4. The molecule has 0 bridgehead atoms. The highest BCUT2D eigenvalue weighted by Crippen LogP contribution is 2.32. The van der Waals surface area contributed by atoms with Crippen molar-refractivity contribution >= 4 is 25.2 Å². The number of hydrogen-bond acceptors (Lipinski definition) is 9. The van der Waals surface area contributed by atoms with Gasteiger partial charge in [-0.05, 0) is 0 Å². The van der Waals surface area contributed by atoms with Crippen LogP contribution in [0.1, 0.15) is 6.23 Å². The highest BCUT2D eigenvalue weighted by Gasteiger charge is 2.44. The topological polar surface area (TPSA) is 172 Å². The molecule has 0 aromatic carbocycles. The third-order valence-electron chi connectivity index (χ3n) is 3.44. The third-order valence-corrected chi connectivity index (χ3v) is 3.81. The number of aliphatic hydroxyl groups is 1. The summed E-state index contributed by atoms with van der Waals surface area (Å²) in [5.41, 5.74) is 12.3. The van der Waals surface area contributed by atoms with Crippen LogP contribution >= 0.6 is 8.25 Å². The summed E-state index contributed by atoms with van der Waals surface area (Å²) in [5.74, 6) is 0.206. The molecule has 2 aromatic heterocycles. The molecule has 0 aliphatic carbocycles. The second kappa shape index (κ2) is 5.80. The Labute approximate surface area is 124 Å². The molecule has 3 rings (SSSR count). The number of nitrogen functional groups attached to an aromatic ring is 1. The maximum absolute atomic E-state index is 10.6. The first-order chi connectivity index (χ1) is 10.5. The summed E-state index contributed by atoms with van der Waals surface area (Å²) < 4.78 is 22.3. The quantitative estimate of drug-likeness (QED) is 0.492. The van der Waals surface area contributed by atoms with E-state index >= 15 is 0 Å². The van der Waals surface area contributed by atoms with E-state index < -0.39 is 32.7 Å². The van der Waals surface area contributed by atoms with Crippen molar-refractivity contribution in [2.24, 2.45) is 5.73 Å². The second-order valence-electron chi connectivity index (χ2n) is 4.75. The van der Waals surface area contributed by atoms with Gasteiger partial charge in [0.15, 0.2) is 17.7 Å². The lowest BCUT2D eigenvalue weighted by atomic mass is 10.1. The van der Waals surface area contributed by atoms with E-state index in [4.69, 9.17) is 21.1 Å². The summed E-state index contributed by atoms with van der Waals surface area (Å²) in [7, 11) is -2.77. The van der Waals surface area contributed by atoms with Gasteiger partial charge < -0.3 is 21.3 Å². The van der Waals surface area contributed by atoms with Gasteiger partial charge in [0.05, 0.1) is 12.4 Å². The van der Waals surface area contributed by atoms with Gasteiger partial charge in [0.25, 0.3) is 0 Å². The van der Waals surface area contributed by atoms with Crippen molar-refractivity contribution in [3.63, 3.8) is 0 Å². The molecule has 6 N–H and O–H groups in total. The maximum atomic E-state index is 10.6. The van der Waals surface area contributed by atoms with E-state index in [2.05, 4.69) is 19.5 Å². The predicted molar refractivity (Wildman–Crippen MR) is 73.4 cm³/mol. The molecular formula is C10H14N6O5P+. The summed E-state index contributed by atoms with van der Waals surface area (Å²) in [6, 6.07) is -0.795. The molecule has 1 fully saturated rings. The molecule has 11 nitrogen and oxygen atoms in total. The zero-order valence-electron chi connectivity index (χ0n) is 11.2. The van der Waals surface area contributed by atoms with Gasteiger partial charge in [-0.2, -0.15) is 0 Å². The molecule has 0 amide bonds. The smallest absolute Gasteiger partial charge is 0.387 e. The molecule has 0 spiro atoms. The van der Waals surface area contributed by atoms with Crippen LogP contribution in [-0.4, -0.2) is 54.4 Å². The molecule has 22 heavy (non-hydrogen) atoms. The SMILES string of the molecule is Nc1ncnc2c1ncn2[C@@H]1O[C@H](CO[P+](=O)O)[C@@H](N)[C@H]1O. The van der Waals surface area contributed by atoms with E-state index in [1.165, 1.54) is 17.2 Å². The Kier molecular flexibility index (Phi) is 4.00. The van der Waals surface area contributed by atoms with Crippen molar-refractivity contribution in [1.82, 2.24) is 19.5 Å². The van der Waals surface area contributed by atoms with Crippen LogP contribution in [0.5, 0.6) is 0 Å². The minimum atomic E-state index is -2.77. The number of imidazole rings is 1. The molecule has 0 saturated carbocycles. The van der Waals surface area contributed by atoms with Gasteiger partial charge in [-0.25, -0.2) is 15.0 Å². The normalized spacial score (nSPS) is 29.1. The van der Waals surface area contributed by atoms with E-state index in [-0.39, 0.29) is 12.4 Å². The number of nitrogens with two attached hydrogens (primary N) is 2. The monoisotopic (exact) mass is 329 g/mol. The Balaban J connectivity index is 1.87. The first-order valence-electron chi connectivity index (χ1n) is 6.30. The van der Waals surface area contributed by atoms with Crippen LogP contribution in [-0.2, 0) is 13.8 Å². The van der Waals surface area contributed by atoms with Crippen LogP contribution < -0.4 is 11.5 Å². The molecule has 118 valence electrons. The summed E-state index contributed by atoms with van der Waals surface area (Å²) >= 11 is 0. The lowest BCUT2D eigenvalue weighted by Gasteiger charge is -2.16. The van der Waals surface area contributed by atoms with Crippen LogP contribution in [0, 0.1) is 0 Å². The van der Waals surface area contributed by atoms with Gasteiger partial charge in [0.1, 0.15) is 30.7 Å². The molecular weight excluding hydrogens is 315 g/mol. The van der Waals surface area contributed by atoms with E-state index in [0.29, 0.717) is 11.2 Å². The zero-order chi connectivity index (χ0) is 15.9. The fourth-order valence-corrected chi connectivity index (χ4v) is 2.61. The summed E-state index contributed by atoms with van der Waals surface area (Å²) in [4.78, 5) is 20.6. The Morgan fingerprint density at radius 3 is 2.95 bits per heavy atom. The van der Waals surface area contributed by atoms with Crippen molar-refractivity contribution < 1.29 is 23.8 Å². The van der Waals surface area contributed by atoms with Crippen LogP contribution in [0.3, 0.4) is 0 Å². The van der Waals surface area contributed by atoms with Crippen molar-refractivity contribution in [2.45, 2.75) is 24.5 Å². The number of aromatic nitrogens is 4. The Morgan fingerprint density at radius 1 is 1.45 bits per heavy atom. The number of hydrogen-bond donors (Lipinski definition) is 4.